The molecule has 1 aromatic rings. The van der Waals surface area contributed by atoms with E-state index < -0.39 is 10.0 Å². The molecular weight excluding hydrogens is 240 g/mol. The smallest absolute Gasteiger partial charge is 0.246 e. The summed E-state index contributed by atoms with van der Waals surface area (Å²) in [6.45, 7) is 0.974. The lowest BCUT2D eigenvalue weighted by atomic mass is 9.94. The Labute approximate surface area is 101 Å². The van der Waals surface area contributed by atoms with Gasteiger partial charge in [-0.05, 0) is 12.8 Å². The van der Waals surface area contributed by atoms with Crippen molar-refractivity contribution in [1.82, 2.24) is 14.1 Å². The molecule has 0 amide bonds. The molecule has 7 heteroatoms. The number of rotatable bonds is 5. The maximum absolute atomic E-state index is 12.2. The molecule has 0 aromatic carbocycles. The minimum absolute atomic E-state index is 0.151. The van der Waals surface area contributed by atoms with Crippen molar-refractivity contribution in [3.63, 3.8) is 0 Å². The van der Waals surface area contributed by atoms with Crippen LogP contribution in [0.5, 0.6) is 0 Å². The van der Waals surface area contributed by atoms with E-state index in [1.807, 2.05) is 0 Å². The summed E-state index contributed by atoms with van der Waals surface area (Å²) in [6, 6.07) is 0.151. The molecule has 2 N–H and O–H groups in total. The first kappa shape index (κ1) is 12.5. The number of sulfonamides is 1. The van der Waals surface area contributed by atoms with Crippen molar-refractivity contribution in [2.24, 2.45) is 5.73 Å². The number of nitrogens with zero attached hydrogens (tertiary/aromatic N) is 3. The van der Waals surface area contributed by atoms with Gasteiger partial charge in [0.15, 0.2) is 0 Å². The molecule has 0 bridgehead atoms. The van der Waals surface area contributed by atoms with Crippen LogP contribution < -0.4 is 5.73 Å². The minimum atomic E-state index is -3.39. The van der Waals surface area contributed by atoms with Gasteiger partial charge in [-0.15, -0.1) is 0 Å². The summed E-state index contributed by atoms with van der Waals surface area (Å²) in [4.78, 5) is 0.250. The Hall–Kier alpha value is -0.920. The molecular formula is C10H18N4O2S. The zero-order valence-corrected chi connectivity index (χ0v) is 10.7. The third kappa shape index (κ3) is 2.36. The molecule has 1 aromatic heterocycles. The molecule has 17 heavy (non-hydrogen) atoms. The first-order chi connectivity index (χ1) is 8.05. The lowest BCUT2D eigenvalue weighted by Crippen LogP contribution is -2.41. The van der Waals surface area contributed by atoms with E-state index in [-0.39, 0.29) is 10.9 Å². The number of hydrogen-bond acceptors (Lipinski definition) is 4. The number of hydrogen-bond donors (Lipinski definition) is 1. The number of nitrogens with two attached hydrogens (primary N) is 1. The van der Waals surface area contributed by atoms with Crippen LogP contribution in [-0.2, 0) is 16.6 Å². The highest BCUT2D eigenvalue weighted by Gasteiger charge is 2.32. The van der Waals surface area contributed by atoms with Gasteiger partial charge in [0.1, 0.15) is 4.90 Å². The third-order valence-corrected chi connectivity index (χ3v) is 5.10. The molecule has 1 fully saturated rings. The summed E-state index contributed by atoms with van der Waals surface area (Å²) in [5.41, 5.74) is 5.40. The fraction of sp³-hybridized carbons (Fsp3) is 0.700. The molecule has 2 rings (SSSR count). The van der Waals surface area contributed by atoms with E-state index in [4.69, 9.17) is 5.73 Å². The van der Waals surface area contributed by atoms with Crippen molar-refractivity contribution >= 4 is 10.0 Å². The first-order valence-corrected chi connectivity index (χ1v) is 7.20. The van der Waals surface area contributed by atoms with E-state index in [9.17, 15) is 8.42 Å². The monoisotopic (exact) mass is 258 g/mol. The topological polar surface area (TPSA) is 81.2 Å². The normalized spacial score (nSPS) is 17.4. The standard InChI is InChI=1S/C10H18N4O2S/c1-13(9-3-2-4-9)17(15,16)10-7-12-14(8-10)6-5-11/h7-9H,2-6,11H2,1H3. The Morgan fingerprint density at radius 2 is 2.29 bits per heavy atom. The minimum Gasteiger partial charge on any atom is -0.329 e. The summed E-state index contributed by atoms with van der Waals surface area (Å²) in [5, 5.41) is 3.99. The summed E-state index contributed by atoms with van der Waals surface area (Å²) < 4.78 is 27.5. The molecule has 0 spiro atoms. The molecule has 0 radical (unpaired) electrons. The molecule has 1 heterocycles. The molecule has 0 aliphatic heterocycles. The maximum Gasteiger partial charge on any atom is 0.246 e. The van der Waals surface area contributed by atoms with Gasteiger partial charge in [-0.1, -0.05) is 6.42 Å². The molecule has 6 nitrogen and oxygen atoms in total. The Morgan fingerprint density at radius 1 is 1.59 bits per heavy atom. The van der Waals surface area contributed by atoms with E-state index in [2.05, 4.69) is 5.10 Å². The molecule has 0 saturated heterocycles. The lowest BCUT2D eigenvalue weighted by Gasteiger charge is -2.33. The summed E-state index contributed by atoms with van der Waals surface area (Å²) in [7, 11) is -1.75. The van der Waals surface area contributed by atoms with E-state index in [1.165, 1.54) is 16.7 Å². The Morgan fingerprint density at radius 3 is 2.82 bits per heavy atom. The Bertz CT molecular complexity index is 478. The molecule has 1 saturated carbocycles. The highest BCUT2D eigenvalue weighted by atomic mass is 32.2. The van der Waals surface area contributed by atoms with Crippen molar-refractivity contribution in [2.45, 2.75) is 36.7 Å². The van der Waals surface area contributed by atoms with Gasteiger partial charge in [-0.25, -0.2) is 8.42 Å². The van der Waals surface area contributed by atoms with Crippen LogP contribution in [0.15, 0.2) is 17.3 Å². The summed E-state index contributed by atoms with van der Waals surface area (Å²) in [5.74, 6) is 0. The van der Waals surface area contributed by atoms with Crippen LogP contribution >= 0.6 is 0 Å². The maximum atomic E-state index is 12.2. The largest absolute Gasteiger partial charge is 0.329 e. The van der Waals surface area contributed by atoms with Gasteiger partial charge in [0.2, 0.25) is 10.0 Å². The quantitative estimate of drug-likeness (QED) is 0.807. The summed E-state index contributed by atoms with van der Waals surface area (Å²) in [6.07, 6.45) is 5.94. The van der Waals surface area contributed by atoms with Crippen LogP contribution in [0.1, 0.15) is 19.3 Å². The molecule has 1 aliphatic rings. The molecule has 0 unspecified atom stereocenters. The van der Waals surface area contributed by atoms with E-state index >= 15 is 0 Å². The van der Waals surface area contributed by atoms with Crippen molar-refractivity contribution in [2.75, 3.05) is 13.6 Å². The third-order valence-electron chi connectivity index (χ3n) is 3.23. The molecule has 0 atom stereocenters. The van der Waals surface area contributed by atoms with E-state index in [0.29, 0.717) is 13.1 Å². The van der Waals surface area contributed by atoms with Crippen molar-refractivity contribution in [3.05, 3.63) is 12.4 Å². The van der Waals surface area contributed by atoms with Gasteiger partial charge in [-0.2, -0.15) is 9.40 Å². The van der Waals surface area contributed by atoms with Crippen LogP contribution in [0.2, 0.25) is 0 Å². The van der Waals surface area contributed by atoms with Crippen LogP contribution in [0.4, 0.5) is 0 Å². The highest BCUT2D eigenvalue weighted by molar-refractivity contribution is 7.89. The molecule has 1 aliphatic carbocycles. The second kappa shape index (κ2) is 4.75. The second-order valence-corrected chi connectivity index (χ2v) is 6.33. The van der Waals surface area contributed by atoms with Crippen molar-refractivity contribution < 1.29 is 8.42 Å². The zero-order chi connectivity index (χ0) is 12.5. The zero-order valence-electron chi connectivity index (χ0n) is 9.91. The van der Waals surface area contributed by atoms with Gasteiger partial charge < -0.3 is 5.73 Å². The number of aromatic nitrogens is 2. The molecule has 96 valence electrons. The SMILES string of the molecule is CN(C1CCC1)S(=O)(=O)c1cnn(CCN)c1. The predicted octanol–water partition coefficient (Wildman–Crippen LogP) is 0.0148. The van der Waals surface area contributed by atoms with E-state index in [1.54, 1.807) is 11.7 Å². The van der Waals surface area contributed by atoms with Gasteiger partial charge in [0.25, 0.3) is 0 Å². The van der Waals surface area contributed by atoms with Gasteiger partial charge in [0.05, 0.1) is 12.7 Å². The first-order valence-electron chi connectivity index (χ1n) is 5.76. The second-order valence-electron chi connectivity index (χ2n) is 4.33. The Balaban J connectivity index is 2.18. The van der Waals surface area contributed by atoms with Crippen LogP contribution in [0.3, 0.4) is 0 Å². The van der Waals surface area contributed by atoms with E-state index in [0.717, 1.165) is 19.3 Å². The van der Waals surface area contributed by atoms with Crippen LogP contribution in [-0.4, -0.2) is 42.1 Å². The highest BCUT2D eigenvalue weighted by Crippen LogP contribution is 2.28. The average molecular weight is 258 g/mol. The average Bonchev–Trinajstić information content (AvgIpc) is 2.64. The van der Waals surface area contributed by atoms with Crippen molar-refractivity contribution in [3.8, 4) is 0 Å². The van der Waals surface area contributed by atoms with Gasteiger partial charge in [-0.3, -0.25) is 4.68 Å². The van der Waals surface area contributed by atoms with Crippen molar-refractivity contribution in [1.29, 1.82) is 0 Å². The van der Waals surface area contributed by atoms with Crippen LogP contribution in [0, 0.1) is 0 Å². The van der Waals surface area contributed by atoms with Gasteiger partial charge in [0, 0.05) is 25.8 Å². The lowest BCUT2D eigenvalue weighted by molar-refractivity contribution is 0.249. The fourth-order valence-corrected chi connectivity index (χ4v) is 3.22. The fourth-order valence-electron chi connectivity index (χ4n) is 1.85. The van der Waals surface area contributed by atoms with Crippen LogP contribution in [0.25, 0.3) is 0 Å². The van der Waals surface area contributed by atoms with Gasteiger partial charge >= 0.3 is 0 Å². The Kier molecular flexibility index (Phi) is 3.50. The summed E-state index contributed by atoms with van der Waals surface area (Å²) >= 11 is 0. The predicted molar refractivity (Wildman–Crippen MR) is 63.9 cm³/mol.